The molecular formula is C42H33N5. The van der Waals surface area contributed by atoms with Gasteiger partial charge in [-0.2, -0.15) is 9.97 Å². The average molecular weight is 608 g/mol. The van der Waals surface area contributed by atoms with Crippen LogP contribution in [0.1, 0.15) is 36.5 Å². The van der Waals surface area contributed by atoms with Crippen LogP contribution < -0.4 is 9.80 Å². The Morgan fingerprint density at radius 1 is 0.553 bits per heavy atom. The van der Waals surface area contributed by atoms with Gasteiger partial charge in [-0.1, -0.05) is 135 Å². The predicted octanol–water partition coefficient (Wildman–Crippen LogP) is 10.0. The fourth-order valence-corrected chi connectivity index (χ4v) is 7.72. The summed E-state index contributed by atoms with van der Waals surface area (Å²) in [6.45, 7) is 4.74. The molecule has 0 saturated heterocycles. The number of para-hydroxylation sites is 2. The zero-order chi connectivity index (χ0) is 31.5. The highest BCUT2D eigenvalue weighted by molar-refractivity contribution is 5.90. The van der Waals surface area contributed by atoms with Crippen molar-refractivity contribution < 1.29 is 0 Å². The minimum Gasteiger partial charge on any atom is -0.310 e. The van der Waals surface area contributed by atoms with E-state index in [9.17, 15) is 0 Å². The number of rotatable bonds is 4. The molecule has 5 nitrogen and oxygen atoms in total. The Morgan fingerprint density at radius 3 is 1.81 bits per heavy atom. The molecule has 0 bridgehead atoms. The predicted molar refractivity (Wildman–Crippen MR) is 191 cm³/mol. The molecule has 9 rings (SSSR count). The number of benzene rings is 5. The first kappa shape index (κ1) is 27.5. The van der Waals surface area contributed by atoms with E-state index in [0.717, 1.165) is 22.5 Å². The Hall–Kier alpha value is -5.81. The molecule has 0 radical (unpaired) electrons. The van der Waals surface area contributed by atoms with E-state index in [-0.39, 0.29) is 17.4 Å². The van der Waals surface area contributed by atoms with E-state index in [4.69, 9.17) is 15.0 Å². The largest absolute Gasteiger partial charge is 0.310 e. The molecule has 226 valence electrons. The standard InChI is InChI=1S/C42H33N5/c1-42(2)32-23-13-15-25-34(32)46(30-20-10-5-11-21-30)36-27-26-35-37(38(36)42)31-22-12-14-24-33(31)47(35)41-44-39(28-16-6-3-7-17-28)43-40(45-41)29-18-8-4-9-19-29/h3-27,31,33H,1-2H3. The molecule has 5 aromatic carbocycles. The first-order valence-electron chi connectivity index (χ1n) is 16.2. The number of hydrogen-bond donors (Lipinski definition) is 0. The Morgan fingerprint density at radius 2 is 1.13 bits per heavy atom. The third-order valence-electron chi connectivity index (χ3n) is 9.80. The molecular weight excluding hydrogens is 574 g/mol. The van der Waals surface area contributed by atoms with Crippen molar-refractivity contribution in [3.8, 4) is 22.8 Å². The van der Waals surface area contributed by atoms with Crippen LogP contribution in [0.5, 0.6) is 0 Å². The summed E-state index contributed by atoms with van der Waals surface area (Å²) in [6.07, 6.45) is 8.99. The Kier molecular flexibility index (Phi) is 6.22. The Bertz CT molecular complexity index is 2130. The highest BCUT2D eigenvalue weighted by Crippen LogP contribution is 2.59. The molecule has 1 aromatic heterocycles. The monoisotopic (exact) mass is 607 g/mol. The van der Waals surface area contributed by atoms with Gasteiger partial charge in [-0.15, -0.1) is 0 Å². The summed E-state index contributed by atoms with van der Waals surface area (Å²) in [4.78, 5) is 20.1. The van der Waals surface area contributed by atoms with Crippen molar-refractivity contribution in [2.75, 3.05) is 9.80 Å². The first-order valence-corrected chi connectivity index (χ1v) is 16.2. The Balaban J connectivity index is 1.30. The third kappa shape index (κ3) is 4.27. The molecule has 3 aliphatic rings. The van der Waals surface area contributed by atoms with E-state index in [1.807, 2.05) is 36.4 Å². The second-order valence-electron chi connectivity index (χ2n) is 12.9. The normalized spacial score (nSPS) is 18.3. The summed E-state index contributed by atoms with van der Waals surface area (Å²) in [5.74, 6) is 2.11. The van der Waals surface area contributed by atoms with Gasteiger partial charge in [0.05, 0.1) is 17.4 Å². The fraction of sp³-hybridized carbons (Fsp3) is 0.119. The van der Waals surface area contributed by atoms with Gasteiger partial charge < -0.3 is 9.80 Å². The lowest BCUT2D eigenvalue weighted by Crippen LogP contribution is -2.32. The lowest BCUT2D eigenvalue weighted by molar-refractivity contribution is 0.616. The van der Waals surface area contributed by atoms with Crippen molar-refractivity contribution in [1.29, 1.82) is 0 Å². The van der Waals surface area contributed by atoms with Crippen molar-refractivity contribution in [2.45, 2.75) is 31.2 Å². The fourth-order valence-electron chi connectivity index (χ4n) is 7.72. The number of fused-ring (bicyclic) bond motifs is 6. The summed E-state index contributed by atoms with van der Waals surface area (Å²) < 4.78 is 0. The van der Waals surface area contributed by atoms with Crippen LogP contribution in [0, 0.1) is 0 Å². The summed E-state index contributed by atoms with van der Waals surface area (Å²) in [6, 6.07) is 44.6. The average Bonchev–Trinajstić information content (AvgIpc) is 3.47. The second kappa shape index (κ2) is 10.6. The number of aromatic nitrogens is 3. The van der Waals surface area contributed by atoms with Gasteiger partial charge in [-0.3, -0.25) is 0 Å². The zero-order valence-corrected chi connectivity index (χ0v) is 26.3. The van der Waals surface area contributed by atoms with Gasteiger partial charge >= 0.3 is 0 Å². The molecule has 2 aliphatic heterocycles. The lowest BCUT2D eigenvalue weighted by atomic mass is 9.69. The Labute approximate surface area is 275 Å². The molecule has 0 amide bonds. The molecule has 6 aromatic rings. The van der Waals surface area contributed by atoms with Crippen LogP contribution in [0.2, 0.25) is 0 Å². The van der Waals surface area contributed by atoms with E-state index in [1.54, 1.807) is 0 Å². The lowest BCUT2D eigenvalue weighted by Gasteiger charge is -2.43. The SMILES string of the molecule is CC1(C)c2ccccc2N(c2ccccc2)c2ccc3c(c21)C1C=CC=CC1N3c1nc(-c2ccccc2)nc(-c2ccccc2)n1. The van der Waals surface area contributed by atoms with Crippen molar-refractivity contribution in [3.05, 3.63) is 168 Å². The smallest absolute Gasteiger partial charge is 0.234 e. The van der Waals surface area contributed by atoms with Crippen LogP contribution in [-0.4, -0.2) is 21.0 Å². The van der Waals surface area contributed by atoms with Crippen molar-refractivity contribution >= 4 is 28.7 Å². The molecule has 1 aliphatic carbocycles. The summed E-state index contributed by atoms with van der Waals surface area (Å²) >= 11 is 0. The van der Waals surface area contributed by atoms with Crippen LogP contribution >= 0.6 is 0 Å². The minimum atomic E-state index is -0.248. The van der Waals surface area contributed by atoms with Gasteiger partial charge in [0.25, 0.3) is 0 Å². The highest BCUT2D eigenvalue weighted by Gasteiger charge is 2.47. The van der Waals surface area contributed by atoms with Crippen molar-refractivity contribution in [1.82, 2.24) is 15.0 Å². The van der Waals surface area contributed by atoms with Gasteiger partial charge in [0.15, 0.2) is 11.6 Å². The van der Waals surface area contributed by atoms with Crippen LogP contribution in [0.4, 0.5) is 28.7 Å². The van der Waals surface area contributed by atoms with Gasteiger partial charge in [0.1, 0.15) is 0 Å². The number of anilines is 5. The van der Waals surface area contributed by atoms with E-state index >= 15 is 0 Å². The summed E-state index contributed by atoms with van der Waals surface area (Å²) in [5.41, 5.74) is 10.4. The summed E-state index contributed by atoms with van der Waals surface area (Å²) in [5, 5.41) is 0. The molecule has 0 fully saturated rings. The van der Waals surface area contributed by atoms with Crippen LogP contribution in [0.15, 0.2) is 152 Å². The van der Waals surface area contributed by atoms with Gasteiger partial charge in [0.2, 0.25) is 5.95 Å². The molecule has 0 saturated carbocycles. The number of nitrogens with zero attached hydrogens (tertiary/aromatic N) is 5. The maximum atomic E-state index is 5.18. The number of hydrogen-bond acceptors (Lipinski definition) is 5. The molecule has 2 atom stereocenters. The maximum Gasteiger partial charge on any atom is 0.234 e. The molecule has 47 heavy (non-hydrogen) atoms. The third-order valence-corrected chi connectivity index (χ3v) is 9.80. The van der Waals surface area contributed by atoms with E-state index in [0.29, 0.717) is 17.6 Å². The number of allylic oxidation sites excluding steroid dienone is 2. The quantitative estimate of drug-likeness (QED) is 0.200. The topological polar surface area (TPSA) is 45.2 Å². The van der Waals surface area contributed by atoms with Crippen LogP contribution in [-0.2, 0) is 5.41 Å². The van der Waals surface area contributed by atoms with Crippen LogP contribution in [0.3, 0.4) is 0 Å². The molecule has 3 heterocycles. The van der Waals surface area contributed by atoms with Gasteiger partial charge in [-0.25, -0.2) is 4.98 Å². The molecule has 0 spiro atoms. The molecule has 5 heteroatoms. The van der Waals surface area contributed by atoms with E-state index < -0.39 is 0 Å². The maximum absolute atomic E-state index is 5.18. The van der Waals surface area contributed by atoms with E-state index in [1.165, 1.54) is 28.1 Å². The molecule has 0 N–H and O–H groups in total. The zero-order valence-electron chi connectivity index (χ0n) is 26.3. The van der Waals surface area contributed by atoms with Gasteiger partial charge in [-0.05, 0) is 47.0 Å². The second-order valence-corrected chi connectivity index (χ2v) is 12.9. The molecule has 2 unspecified atom stereocenters. The summed E-state index contributed by atoms with van der Waals surface area (Å²) in [7, 11) is 0. The van der Waals surface area contributed by atoms with Crippen LogP contribution in [0.25, 0.3) is 22.8 Å². The minimum absolute atomic E-state index is 0.0225. The van der Waals surface area contributed by atoms with Crippen molar-refractivity contribution in [3.63, 3.8) is 0 Å². The highest BCUT2D eigenvalue weighted by atomic mass is 15.3. The van der Waals surface area contributed by atoms with Gasteiger partial charge in [0, 0.05) is 33.8 Å². The van der Waals surface area contributed by atoms with E-state index in [2.05, 4.69) is 139 Å². The van der Waals surface area contributed by atoms with Crippen molar-refractivity contribution in [2.24, 2.45) is 0 Å². The first-order chi connectivity index (χ1) is 23.1.